The summed E-state index contributed by atoms with van der Waals surface area (Å²) in [4.78, 5) is 4.65. The number of aliphatic imine (C=N–C) groups is 1. The number of aromatic nitrogens is 1. The van der Waals surface area contributed by atoms with Crippen molar-refractivity contribution in [3.8, 4) is 0 Å². The number of aryl methyl sites for hydroxylation is 2. The molecule has 2 rings (SSSR count). The third-order valence-electron chi connectivity index (χ3n) is 3.85. The summed E-state index contributed by atoms with van der Waals surface area (Å²) in [6, 6.07) is 0. The summed E-state index contributed by atoms with van der Waals surface area (Å²) < 4.78 is 5.51. The van der Waals surface area contributed by atoms with Gasteiger partial charge in [0.1, 0.15) is 5.76 Å². The number of rotatable bonds is 5. The molecular weight excluding hydrogens is 411 g/mol. The average Bonchev–Trinajstić information content (AvgIpc) is 3.02. The standard InChI is InChI=1S/C15H26N4OS.HI/c1-5-16-14(18-10-15(4)7-6-8-21-15)17-9-13-11(2)19-20-12(13)3;/h5-10H2,1-4H3,(H2,16,17,18);1H. The largest absolute Gasteiger partial charge is 0.361 e. The third kappa shape index (κ3) is 5.33. The Morgan fingerprint density at radius 2 is 2.18 bits per heavy atom. The van der Waals surface area contributed by atoms with Gasteiger partial charge < -0.3 is 15.2 Å². The smallest absolute Gasteiger partial charge is 0.191 e. The van der Waals surface area contributed by atoms with E-state index in [1.807, 2.05) is 13.8 Å². The molecule has 1 aromatic heterocycles. The maximum Gasteiger partial charge on any atom is 0.191 e. The van der Waals surface area contributed by atoms with Gasteiger partial charge in [-0.25, -0.2) is 4.99 Å². The fraction of sp³-hybridized carbons (Fsp3) is 0.733. The molecule has 1 saturated heterocycles. The molecule has 126 valence electrons. The molecular formula is C15H27IN4OS. The topological polar surface area (TPSA) is 62.5 Å². The molecule has 0 amide bonds. The second-order valence-corrected chi connectivity index (χ2v) is 7.44. The summed E-state index contributed by atoms with van der Waals surface area (Å²) in [5, 5.41) is 10.7. The zero-order valence-corrected chi connectivity index (χ0v) is 17.0. The summed E-state index contributed by atoms with van der Waals surface area (Å²) in [5.74, 6) is 2.99. The predicted molar refractivity (Wildman–Crippen MR) is 104 cm³/mol. The highest BCUT2D eigenvalue weighted by molar-refractivity contribution is 14.0. The van der Waals surface area contributed by atoms with Crippen LogP contribution in [0.2, 0.25) is 0 Å². The number of nitrogens with zero attached hydrogens (tertiary/aromatic N) is 2. The van der Waals surface area contributed by atoms with Gasteiger partial charge in [0.05, 0.1) is 12.2 Å². The minimum atomic E-state index is 0. The van der Waals surface area contributed by atoms with Crippen molar-refractivity contribution in [2.75, 3.05) is 18.8 Å². The fourth-order valence-electron chi connectivity index (χ4n) is 2.47. The first kappa shape index (κ1) is 19.6. The van der Waals surface area contributed by atoms with Crippen LogP contribution in [0.1, 0.15) is 43.7 Å². The maximum atomic E-state index is 5.18. The molecule has 0 aromatic carbocycles. The Morgan fingerprint density at radius 1 is 1.41 bits per heavy atom. The molecule has 0 aliphatic carbocycles. The number of hydrogen-bond acceptors (Lipinski definition) is 4. The van der Waals surface area contributed by atoms with E-state index in [-0.39, 0.29) is 24.0 Å². The van der Waals surface area contributed by atoms with Crippen LogP contribution in [0.3, 0.4) is 0 Å². The van der Waals surface area contributed by atoms with Gasteiger partial charge in [0, 0.05) is 23.4 Å². The second kappa shape index (κ2) is 9.00. The zero-order chi connectivity index (χ0) is 15.3. The first-order valence-corrected chi connectivity index (χ1v) is 8.60. The lowest BCUT2D eigenvalue weighted by molar-refractivity contribution is 0.392. The van der Waals surface area contributed by atoms with Crippen molar-refractivity contribution < 1.29 is 4.52 Å². The number of halogens is 1. The summed E-state index contributed by atoms with van der Waals surface area (Å²) in [6.07, 6.45) is 2.59. The van der Waals surface area contributed by atoms with Crippen LogP contribution in [0.25, 0.3) is 0 Å². The first-order chi connectivity index (χ1) is 10.0. The SMILES string of the molecule is CCNC(=NCc1c(C)noc1C)NCC1(C)CCCS1.I. The van der Waals surface area contributed by atoms with E-state index in [9.17, 15) is 0 Å². The van der Waals surface area contributed by atoms with Crippen LogP contribution >= 0.6 is 35.7 Å². The first-order valence-electron chi connectivity index (χ1n) is 7.62. The van der Waals surface area contributed by atoms with E-state index in [4.69, 9.17) is 4.52 Å². The molecule has 1 aliphatic heterocycles. The minimum absolute atomic E-state index is 0. The molecule has 1 atom stereocenters. The Labute approximate surface area is 154 Å². The van der Waals surface area contributed by atoms with Crippen molar-refractivity contribution in [3.05, 3.63) is 17.0 Å². The van der Waals surface area contributed by atoms with Gasteiger partial charge in [-0.1, -0.05) is 5.16 Å². The normalized spacial score (nSPS) is 21.5. The molecule has 0 saturated carbocycles. The van der Waals surface area contributed by atoms with Crippen LogP contribution in [0, 0.1) is 13.8 Å². The second-order valence-electron chi connectivity index (χ2n) is 5.75. The van der Waals surface area contributed by atoms with Gasteiger partial charge in [-0.3, -0.25) is 0 Å². The molecule has 5 nitrogen and oxygen atoms in total. The maximum absolute atomic E-state index is 5.18. The summed E-state index contributed by atoms with van der Waals surface area (Å²) in [5.41, 5.74) is 2.00. The van der Waals surface area contributed by atoms with Crippen LogP contribution < -0.4 is 10.6 Å². The van der Waals surface area contributed by atoms with Gasteiger partial charge in [-0.2, -0.15) is 11.8 Å². The lowest BCUT2D eigenvalue weighted by atomic mass is 10.1. The van der Waals surface area contributed by atoms with E-state index < -0.39 is 0 Å². The van der Waals surface area contributed by atoms with Gasteiger partial charge >= 0.3 is 0 Å². The highest BCUT2D eigenvalue weighted by Crippen LogP contribution is 2.36. The van der Waals surface area contributed by atoms with E-state index in [1.165, 1.54) is 18.6 Å². The van der Waals surface area contributed by atoms with Gasteiger partial charge in [-0.15, -0.1) is 24.0 Å². The van der Waals surface area contributed by atoms with Crippen LogP contribution in [-0.2, 0) is 6.54 Å². The van der Waals surface area contributed by atoms with Crippen LogP contribution in [-0.4, -0.2) is 34.7 Å². The highest BCUT2D eigenvalue weighted by Gasteiger charge is 2.29. The molecule has 0 radical (unpaired) electrons. The van der Waals surface area contributed by atoms with Crippen molar-refractivity contribution in [1.29, 1.82) is 0 Å². The monoisotopic (exact) mass is 438 g/mol. The van der Waals surface area contributed by atoms with Gasteiger partial charge in [0.25, 0.3) is 0 Å². The van der Waals surface area contributed by atoms with Crippen molar-refractivity contribution in [2.45, 2.75) is 51.8 Å². The molecule has 22 heavy (non-hydrogen) atoms. The van der Waals surface area contributed by atoms with E-state index in [2.05, 4.69) is 46.4 Å². The van der Waals surface area contributed by atoms with Crippen molar-refractivity contribution in [3.63, 3.8) is 0 Å². The summed E-state index contributed by atoms with van der Waals surface area (Å²) >= 11 is 2.06. The van der Waals surface area contributed by atoms with Crippen molar-refractivity contribution in [2.24, 2.45) is 4.99 Å². The number of guanidine groups is 1. The molecule has 0 bridgehead atoms. The van der Waals surface area contributed by atoms with Crippen LogP contribution in [0.15, 0.2) is 9.52 Å². The lowest BCUT2D eigenvalue weighted by Gasteiger charge is -2.24. The quantitative estimate of drug-likeness (QED) is 0.420. The molecule has 2 N–H and O–H groups in total. The van der Waals surface area contributed by atoms with E-state index >= 15 is 0 Å². The Kier molecular flexibility index (Phi) is 8.02. The van der Waals surface area contributed by atoms with Gasteiger partial charge in [0.2, 0.25) is 0 Å². The summed E-state index contributed by atoms with van der Waals surface area (Å²) in [6.45, 7) is 10.7. The molecule has 1 aromatic rings. The Hall–Kier alpha value is -0.440. The van der Waals surface area contributed by atoms with E-state index in [0.29, 0.717) is 11.3 Å². The zero-order valence-electron chi connectivity index (χ0n) is 13.9. The van der Waals surface area contributed by atoms with Gasteiger partial charge in [-0.05, 0) is 46.3 Å². The van der Waals surface area contributed by atoms with Crippen LogP contribution in [0.5, 0.6) is 0 Å². The Morgan fingerprint density at radius 3 is 2.73 bits per heavy atom. The summed E-state index contributed by atoms with van der Waals surface area (Å²) in [7, 11) is 0. The number of hydrogen-bond donors (Lipinski definition) is 2. The molecule has 0 spiro atoms. The minimum Gasteiger partial charge on any atom is -0.361 e. The number of thioether (sulfide) groups is 1. The molecule has 1 unspecified atom stereocenters. The van der Waals surface area contributed by atoms with E-state index in [0.717, 1.165) is 36.1 Å². The average molecular weight is 438 g/mol. The molecule has 2 heterocycles. The fourth-order valence-corrected chi connectivity index (χ4v) is 3.72. The van der Waals surface area contributed by atoms with Gasteiger partial charge in [0.15, 0.2) is 5.96 Å². The van der Waals surface area contributed by atoms with Crippen molar-refractivity contribution >= 4 is 41.7 Å². The number of nitrogens with one attached hydrogen (secondary N) is 2. The predicted octanol–water partition coefficient (Wildman–Crippen LogP) is 3.25. The lowest BCUT2D eigenvalue weighted by Crippen LogP contribution is -2.43. The third-order valence-corrected chi connectivity index (χ3v) is 5.39. The Balaban J connectivity index is 0.00000242. The van der Waals surface area contributed by atoms with E-state index in [1.54, 1.807) is 0 Å². The molecule has 7 heteroatoms. The van der Waals surface area contributed by atoms with Crippen LogP contribution in [0.4, 0.5) is 0 Å². The Bertz CT molecular complexity index is 478. The molecule has 1 fully saturated rings. The highest BCUT2D eigenvalue weighted by atomic mass is 127. The van der Waals surface area contributed by atoms with Crippen molar-refractivity contribution in [1.82, 2.24) is 15.8 Å². The molecule has 1 aliphatic rings.